The molecule has 112 valence electrons. The number of nitrogens with two attached hydrogens (primary N) is 1. The van der Waals surface area contributed by atoms with E-state index in [-0.39, 0.29) is 6.04 Å². The highest BCUT2D eigenvalue weighted by Crippen LogP contribution is 2.55. The molecule has 3 atom stereocenters. The smallest absolute Gasteiger partial charge is 0.111 e. The van der Waals surface area contributed by atoms with Gasteiger partial charge in [0.05, 0.1) is 11.0 Å². The Morgan fingerprint density at radius 3 is 2.76 bits per heavy atom. The monoisotopic (exact) mass is 283 g/mol. The van der Waals surface area contributed by atoms with Crippen LogP contribution < -0.4 is 5.73 Å². The van der Waals surface area contributed by atoms with Crippen molar-refractivity contribution < 1.29 is 0 Å². The number of hydrogen-bond donors (Lipinski definition) is 1. The Bertz CT molecular complexity index is 635. The molecule has 0 aliphatic heterocycles. The first-order valence-electron chi connectivity index (χ1n) is 8.46. The maximum absolute atomic E-state index is 6.53. The number of para-hydroxylation sites is 2. The molecule has 3 nitrogen and oxygen atoms in total. The number of aryl methyl sites for hydroxylation is 1. The summed E-state index contributed by atoms with van der Waals surface area (Å²) in [6, 6.07) is 8.74. The van der Waals surface area contributed by atoms with E-state index in [2.05, 4.69) is 35.8 Å². The van der Waals surface area contributed by atoms with Crippen LogP contribution >= 0.6 is 0 Å². The fourth-order valence-corrected chi connectivity index (χ4v) is 4.24. The molecule has 0 saturated heterocycles. The predicted octanol–water partition coefficient (Wildman–Crippen LogP) is 3.36. The number of rotatable bonds is 5. The molecule has 3 heteroatoms. The van der Waals surface area contributed by atoms with Gasteiger partial charge in [0.25, 0.3) is 0 Å². The zero-order chi connectivity index (χ0) is 14.4. The number of nitrogens with zero attached hydrogens (tertiary/aromatic N) is 2. The van der Waals surface area contributed by atoms with Gasteiger partial charge in [-0.15, -0.1) is 0 Å². The molecule has 2 fully saturated rings. The summed E-state index contributed by atoms with van der Waals surface area (Å²) in [5, 5.41) is 0. The van der Waals surface area contributed by atoms with Crippen LogP contribution in [-0.2, 0) is 13.0 Å². The average Bonchev–Trinajstić information content (AvgIpc) is 2.95. The molecule has 2 aliphatic carbocycles. The van der Waals surface area contributed by atoms with Crippen LogP contribution in [0.25, 0.3) is 11.0 Å². The van der Waals surface area contributed by atoms with Crippen molar-refractivity contribution in [3.05, 3.63) is 30.1 Å². The SMILES string of the molecule is CCCn1c(CC(N)C2CC3CC3C2)nc2ccccc21. The maximum atomic E-state index is 6.53. The van der Waals surface area contributed by atoms with Crippen molar-refractivity contribution in [3.63, 3.8) is 0 Å². The van der Waals surface area contributed by atoms with Crippen molar-refractivity contribution in [2.24, 2.45) is 23.5 Å². The largest absolute Gasteiger partial charge is 0.328 e. The Morgan fingerprint density at radius 1 is 1.24 bits per heavy atom. The Labute approximate surface area is 126 Å². The molecule has 0 radical (unpaired) electrons. The maximum Gasteiger partial charge on any atom is 0.111 e. The van der Waals surface area contributed by atoms with Gasteiger partial charge in [0.15, 0.2) is 0 Å². The Morgan fingerprint density at radius 2 is 2.00 bits per heavy atom. The lowest BCUT2D eigenvalue weighted by Gasteiger charge is -2.20. The van der Waals surface area contributed by atoms with Crippen molar-refractivity contribution >= 4 is 11.0 Å². The highest BCUT2D eigenvalue weighted by Gasteiger charge is 2.47. The topological polar surface area (TPSA) is 43.8 Å². The van der Waals surface area contributed by atoms with Crippen LogP contribution in [-0.4, -0.2) is 15.6 Å². The van der Waals surface area contributed by atoms with Crippen LogP contribution in [0.3, 0.4) is 0 Å². The van der Waals surface area contributed by atoms with Gasteiger partial charge in [0.1, 0.15) is 5.82 Å². The van der Waals surface area contributed by atoms with Crippen molar-refractivity contribution in [1.82, 2.24) is 9.55 Å². The number of imidazole rings is 1. The summed E-state index contributed by atoms with van der Waals surface area (Å²) in [6.45, 7) is 3.27. The van der Waals surface area contributed by atoms with E-state index in [1.807, 2.05) is 0 Å². The lowest BCUT2D eigenvalue weighted by atomic mass is 9.92. The first-order chi connectivity index (χ1) is 10.3. The Hall–Kier alpha value is -1.35. The van der Waals surface area contributed by atoms with Crippen LogP contribution in [0, 0.1) is 17.8 Å². The van der Waals surface area contributed by atoms with Crippen LogP contribution in [0.5, 0.6) is 0 Å². The Kier molecular flexibility index (Phi) is 3.26. The highest BCUT2D eigenvalue weighted by molar-refractivity contribution is 5.75. The van der Waals surface area contributed by atoms with Crippen molar-refractivity contribution in [3.8, 4) is 0 Å². The summed E-state index contributed by atoms with van der Waals surface area (Å²) in [7, 11) is 0. The molecular weight excluding hydrogens is 258 g/mol. The summed E-state index contributed by atoms with van der Waals surface area (Å²) in [5.41, 5.74) is 8.90. The highest BCUT2D eigenvalue weighted by atomic mass is 15.1. The molecule has 1 aromatic carbocycles. The van der Waals surface area contributed by atoms with Gasteiger partial charge in [0, 0.05) is 19.0 Å². The molecular formula is C18H25N3. The standard InChI is InChI=1S/C18H25N3/c1-2-7-21-17-6-4-3-5-16(17)20-18(21)11-15(19)14-9-12-8-13(12)10-14/h3-6,12-15H,2,7-11,19H2,1H3. The van der Waals surface area contributed by atoms with Gasteiger partial charge >= 0.3 is 0 Å². The van der Waals surface area contributed by atoms with Gasteiger partial charge in [-0.25, -0.2) is 4.98 Å². The fourth-order valence-electron chi connectivity index (χ4n) is 4.24. The third-order valence-corrected chi connectivity index (χ3v) is 5.48. The zero-order valence-corrected chi connectivity index (χ0v) is 12.8. The summed E-state index contributed by atoms with van der Waals surface area (Å²) < 4.78 is 2.38. The van der Waals surface area contributed by atoms with Gasteiger partial charge in [-0.1, -0.05) is 19.1 Å². The molecule has 2 saturated carbocycles. The van der Waals surface area contributed by atoms with E-state index < -0.39 is 0 Å². The molecule has 0 bridgehead atoms. The number of benzene rings is 1. The molecule has 2 aliphatic rings. The third kappa shape index (κ3) is 2.38. The molecule has 21 heavy (non-hydrogen) atoms. The summed E-state index contributed by atoms with van der Waals surface area (Å²) in [4.78, 5) is 4.86. The van der Waals surface area contributed by atoms with Crippen LogP contribution in [0.4, 0.5) is 0 Å². The lowest BCUT2D eigenvalue weighted by molar-refractivity contribution is 0.384. The minimum absolute atomic E-state index is 0.283. The van der Waals surface area contributed by atoms with Gasteiger partial charge in [-0.3, -0.25) is 0 Å². The van der Waals surface area contributed by atoms with Gasteiger partial charge in [0.2, 0.25) is 0 Å². The normalized spacial score (nSPS) is 28.8. The molecule has 0 amide bonds. The van der Waals surface area contributed by atoms with Gasteiger partial charge < -0.3 is 10.3 Å². The van der Waals surface area contributed by atoms with E-state index in [9.17, 15) is 0 Å². The van der Waals surface area contributed by atoms with Gasteiger partial charge in [-0.05, 0) is 55.6 Å². The van der Waals surface area contributed by atoms with Crippen LogP contribution in [0.2, 0.25) is 0 Å². The van der Waals surface area contributed by atoms with Crippen molar-refractivity contribution in [2.75, 3.05) is 0 Å². The Balaban J connectivity index is 1.58. The predicted molar refractivity (Wildman–Crippen MR) is 86.0 cm³/mol. The average molecular weight is 283 g/mol. The van der Waals surface area contributed by atoms with E-state index >= 15 is 0 Å². The minimum Gasteiger partial charge on any atom is -0.328 e. The number of hydrogen-bond acceptors (Lipinski definition) is 2. The molecule has 2 N–H and O–H groups in total. The van der Waals surface area contributed by atoms with E-state index in [4.69, 9.17) is 10.7 Å². The van der Waals surface area contributed by atoms with Gasteiger partial charge in [-0.2, -0.15) is 0 Å². The van der Waals surface area contributed by atoms with Crippen LogP contribution in [0.1, 0.15) is 38.4 Å². The fraction of sp³-hybridized carbons (Fsp3) is 0.611. The first-order valence-corrected chi connectivity index (χ1v) is 8.46. The second-order valence-corrected chi connectivity index (χ2v) is 7.02. The second-order valence-electron chi connectivity index (χ2n) is 7.02. The van der Waals surface area contributed by atoms with E-state index in [1.165, 1.54) is 30.6 Å². The van der Waals surface area contributed by atoms with Crippen molar-refractivity contribution in [2.45, 2.75) is 51.6 Å². The summed E-state index contributed by atoms with van der Waals surface area (Å²) >= 11 is 0. The lowest BCUT2D eigenvalue weighted by Crippen LogP contribution is -2.32. The second kappa shape index (κ2) is 5.13. The quantitative estimate of drug-likeness (QED) is 0.914. The number of fused-ring (bicyclic) bond motifs is 2. The molecule has 1 aromatic heterocycles. The first kappa shape index (κ1) is 13.3. The van der Waals surface area contributed by atoms with E-state index in [0.717, 1.165) is 42.7 Å². The molecule has 3 unspecified atom stereocenters. The zero-order valence-electron chi connectivity index (χ0n) is 12.8. The summed E-state index contributed by atoms with van der Waals surface area (Å²) in [6.07, 6.45) is 6.26. The minimum atomic E-state index is 0.283. The summed E-state index contributed by atoms with van der Waals surface area (Å²) in [5.74, 6) is 3.93. The van der Waals surface area contributed by atoms with E-state index in [0.29, 0.717) is 0 Å². The molecule has 4 rings (SSSR count). The van der Waals surface area contributed by atoms with Crippen LogP contribution in [0.15, 0.2) is 24.3 Å². The molecule has 0 spiro atoms. The number of aromatic nitrogens is 2. The molecule has 2 aromatic rings. The third-order valence-electron chi connectivity index (χ3n) is 5.48. The van der Waals surface area contributed by atoms with E-state index in [1.54, 1.807) is 0 Å². The van der Waals surface area contributed by atoms with Crippen molar-refractivity contribution in [1.29, 1.82) is 0 Å². The molecule has 1 heterocycles.